The number of para-hydroxylation sites is 1. The molecule has 0 bridgehead atoms. The van der Waals surface area contributed by atoms with Crippen molar-refractivity contribution in [1.82, 2.24) is 4.90 Å². The predicted octanol–water partition coefficient (Wildman–Crippen LogP) is 4.04. The lowest BCUT2D eigenvalue weighted by molar-refractivity contribution is -0.117. The first kappa shape index (κ1) is 16.3. The minimum atomic E-state index is -0.163. The third-order valence-corrected chi connectivity index (χ3v) is 3.99. The molecule has 0 fully saturated rings. The molecule has 3 rings (SSSR count). The van der Waals surface area contributed by atoms with E-state index in [1.165, 1.54) is 0 Å². The first-order valence-electron chi connectivity index (χ1n) is 7.57. The van der Waals surface area contributed by atoms with Gasteiger partial charge in [-0.3, -0.25) is 14.5 Å². The highest BCUT2D eigenvalue weighted by molar-refractivity contribution is 6.31. The van der Waals surface area contributed by atoms with Gasteiger partial charge in [0.2, 0.25) is 5.91 Å². The second-order valence-corrected chi connectivity index (χ2v) is 6.29. The molecule has 2 aromatic rings. The molecule has 0 saturated heterocycles. The molecule has 0 spiro atoms. The highest BCUT2D eigenvalue weighted by atomic mass is 35.5. The molecule has 4 nitrogen and oxygen atoms in total. The van der Waals surface area contributed by atoms with Gasteiger partial charge in [-0.25, -0.2) is 0 Å². The average molecular weight is 341 g/mol. The second-order valence-electron chi connectivity index (χ2n) is 5.85. The summed E-state index contributed by atoms with van der Waals surface area (Å²) in [6.45, 7) is 0. The Balaban J connectivity index is 2.23. The Morgan fingerprint density at radius 1 is 1.08 bits per heavy atom. The molecule has 0 unspecified atom stereocenters. The van der Waals surface area contributed by atoms with E-state index in [0.29, 0.717) is 27.5 Å². The number of ketones is 1. The lowest BCUT2D eigenvalue weighted by atomic mass is 10.0. The molecule has 2 aromatic carbocycles. The lowest BCUT2D eigenvalue weighted by Crippen LogP contribution is -2.25. The summed E-state index contributed by atoms with van der Waals surface area (Å²) in [6.07, 6.45) is 1.74. The molecule has 0 atom stereocenters. The van der Waals surface area contributed by atoms with Crippen molar-refractivity contribution in [3.05, 3.63) is 70.9 Å². The van der Waals surface area contributed by atoms with Gasteiger partial charge in [0.1, 0.15) is 0 Å². The number of benzene rings is 2. The van der Waals surface area contributed by atoms with Crippen LogP contribution in [0, 0.1) is 0 Å². The SMILES string of the molecule is CN(C)/C=C1/CC(=O)N(c2ccccc2)c2cc(Cl)ccc2C1=O. The zero-order valence-corrected chi connectivity index (χ0v) is 14.2. The molecule has 24 heavy (non-hydrogen) atoms. The van der Waals surface area contributed by atoms with Gasteiger partial charge in [-0.2, -0.15) is 0 Å². The zero-order valence-electron chi connectivity index (χ0n) is 13.5. The van der Waals surface area contributed by atoms with Crippen molar-refractivity contribution in [3.8, 4) is 0 Å². The number of rotatable bonds is 2. The van der Waals surface area contributed by atoms with Gasteiger partial charge in [-0.15, -0.1) is 0 Å². The van der Waals surface area contributed by atoms with E-state index >= 15 is 0 Å². The minimum Gasteiger partial charge on any atom is -0.383 e. The van der Waals surface area contributed by atoms with Gasteiger partial charge in [0, 0.05) is 42.1 Å². The van der Waals surface area contributed by atoms with Gasteiger partial charge in [-0.05, 0) is 30.3 Å². The maximum atomic E-state index is 12.9. The summed E-state index contributed by atoms with van der Waals surface area (Å²) in [5.41, 5.74) is 2.17. The van der Waals surface area contributed by atoms with Crippen LogP contribution in [-0.4, -0.2) is 30.7 Å². The van der Waals surface area contributed by atoms with E-state index in [1.807, 2.05) is 44.4 Å². The molecule has 1 aliphatic heterocycles. The number of hydrogen-bond acceptors (Lipinski definition) is 3. The fourth-order valence-corrected chi connectivity index (χ4v) is 2.95. The van der Waals surface area contributed by atoms with E-state index in [2.05, 4.69) is 0 Å². The summed E-state index contributed by atoms with van der Waals surface area (Å²) < 4.78 is 0. The molecule has 0 N–H and O–H groups in total. The predicted molar refractivity (Wildman–Crippen MR) is 95.8 cm³/mol. The number of amides is 1. The Morgan fingerprint density at radius 3 is 2.46 bits per heavy atom. The summed E-state index contributed by atoms with van der Waals surface area (Å²) >= 11 is 6.13. The molecule has 1 aliphatic rings. The van der Waals surface area contributed by atoms with Crippen LogP contribution in [0.3, 0.4) is 0 Å². The van der Waals surface area contributed by atoms with Crippen LogP contribution in [0.1, 0.15) is 16.8 Å². The largest absolute Gasteiger partial charge is 0.383 e. The van der Waals surface area contributed by atoms with E-state index in [-0.39, 0.29) is 18.1 Å². The van der Waals surface area contributed by atoms with Crippen LogP contribution < -0.4 is 4.90 Å². The molecular formula is C19H17ClN2O2. The first-order chi connectivity index (χ1) is 11.5. The number of carbonyl (C=O) groups is 2. The van der Waals surface area contributed by atoms with Crippen molar-refractivity contribution in [2.75, 3.05) is 19.0 Å². The summed E-state index contributed by atoms with van der Waals surface area (Å²) in [5.74, 6) is -0.314. The standard InChI is InChI=1S/C19H17ClN2O2/c1-21(2)12-13-10-18(23)22(15-6-4-3-5-7-15)17-11-14(20)8-9-16(17)19(13)24/h3-9,11-12H,10H2,1-2H3/b13-12-. The Hall–Kier alpha value is -2.59. The number of Topliss-reactive ketones (excluding diaryl/α,β-unsaturated/α-hetero) is 1. The van der Waals surface area contributed by atoms with Gasteiger partial charge in [0.25, 0.3) is 0 Å². The van der Waals surface area contributed by atoms with Crippen molar-refractivity contribution in [2.24, 2.45) is 0 Å². The topological polar surface area (TPSA) is 40.6 Å². The van der Waals surface area contributed by atoms with Crippen molar-refractivity contribution < 1.29 is 9.59 Å². The summed E-state index contributed by atoms with van der Waals surface area (Å²) in [7, 11) is 3.65. The van der Waals surface area contributed by atoms with Gasteiger partial charge in [0.15, 0.2) is 5.78 Å². The van der Waals surface area contributed by atoms with E-state index < -0.39 is 0 Å². The van der Waals surface area contributed by atoms with Crippen LogP contribution in [0.2, 0.25) is 5.02 Å². The molecule has 122 valence electrons. The maximum Gasteiger partial charge on any atom is 0.236 e. The number of anilines is 2. The second kappa shape index (κ2) is 6.49. The quantitative estimate of drug-likeness (QED) is 0.775. The first-order valence-corrected chi connectivity index (χ1v) is 7.94. The molecule has 5 heteroatoms. The van der Waals surface area contributed by atoms with E-state index in [9.17, 15) is 9.59 Å². The summed E-state index contributed by atoms with van der Waals surface area (Å²) in [6, 6.07) is 14.3. The van der Waals surface area contributed by atoms with Gasteiger partial charge in [-0.1, -0.05) is 29.8 Å². The maximum absolute atomic E-state index is 12.9. The molecule has 0 saturated carbocycles. The smallest absolute Gasteiger partial charge is 0.236 e. The molecule has 1 amide bonds. The van der Waals surface area contributed by atoms with Crippen LogP contribution in [0.5, 0.6) is 0 Å². The zero-order chi connectivity index (χ0) is 17.3. The number of nitrogens with zero attached hydrogens (tertiary/aromatic N) is 2. The fourth-order valence-electron chi connectivity index (χ4n) is 2.79. The normalized spacial score (nSPS) is 16.1. The van der Waals surface area contributed by atoms with Crippen molar-refractivity contribution in [1.29, 1.82) is 0 Å². The van der Waals surface area contributed by atoms with Crippen molar-refractivity contribution in [3.63, 3.8) is 0 Å². The number of halogens is 1. The highest BCUT2D eigenvalue weighted by Gasteiger charge is 2.31. The van der Waals surface area contributed by atoms with Crippen LogP contribution in [0.25, 0.3) is 0 Å². The van der Waals surface area contributed by atoms with Gasteiger partial charge >= 0.3 is 0 Å². The number of fused-ring (bicyclic) bond motifs is 1. The molecular weight excluding hydrogens is 324 g/mol. The molecule has 0 aromatic heterocycles. The molecule has 0 aliphatic carbocycles. The van der Waals surface area contributed by atoms with Gasteiger partial charge in [0.05, 0.1) is 12.1 Å². The van der Waals surface area contributed by atoms with Crippen LogP contribution >= 0.6 is 11.6 Å². The third-order valence-electron chi connectivity index (χ3n) is 3.76. The summed E-state index contributed by atoms with van der Waals surface area (Å²) in [5, 5.41) is 0.482. The third kappa shape index (κ3) is 3.05. The molecule has 0 radical (unpaired) electrons. The van der Waals surface area contributed by atoms with E-state index in [1.54, 1.807) is 34.2 Å². The Kier molecular flexibility index (Phi) is 4.40. The Labute approximate surface area is 145 Å². The van der Waals surface area contributed by atoms with Crippen LogP contribution in [0.4, 0.5) is 11.4 Å². The highest BCUT2D eigenvalue weighted by Crippen LogP contribution is 2.36. The van der Waals surface area contributed by atoms with E-state index in [4.69, 9.17) is 11.6 Å². The van der Waals surface area contributed by atoms with E-state index in [0.717, 1.165) is 0 Å². The fraction of sp³-hybridized carbons (Fsp3) is 0.158. The van der Waals surface area contributed by atoms with Crippen molar-refractivity contribution in [2.45, 2.75) is 6.42 Å². The Bertz CT molecular complexity index is 829. The van der Waals surface area contributed by atoms with Crippen LogP contribution in [0.15, 0.2) is 60.3 Å². The van der Waals surface area contributed by atoms with Crippen molar-refractivity contribution >= 4 is 34.7 Å². The number of hydrogen-bond donors (Lipinski definition) is 0. The summed E-state index contributed by atoms with van der Waals surface area (Å²) in [4.78, 5) is 29.1. The lowest BCUT2D eigenvalue weighted by Gasteiger charge is -2.22. The minimum absolute atomic E-state index is 0.0399. The monoisotopic (exact) mass is 340 g/mol. The number of carbonyl (C=O) groups excluding carboxylic acids is 2. The van der Waals surface area contributed by atoms with Crippen LogP contribution in [-0.2, 0) is 4.79 Å². The van der Waals surface area contributed by atoms with Gasteiger partial charge < -0.3 is 4.90 Å². The average Bonchev–Trinajstić information content (AvgIpc) is 2.63. The molecule has 1 heterocycles. The Morgan fingerprint density at radius 2 is 1.79 bits per heavy atom.